The third-order valence-corrected chi connectivity index (χ3v) is 2.46. The van der Waals surface area contributed by atoms with Gasteiger partial charge in [0.1, 0.15) is 0 Å². The van der Waals surface area contributed by atoms with Gasteiger partial charge in [-0.25, -0.2) is 0 Å². The van der Waals surface area contributed by atoms with Gasteiger partial charge in [-0.15, -0.1) is 0 Å². The molecule has 3 nitrogen and oxygen atoms in total. The van der Waals surface area contributed by atoms with Gasteiger partial charge < -0.3 is 5.32 Å². The quantitative estimate of drug-likeness (QED) is 0.805. The summed E-state index contributed by atoms with van der Waals surface area (Å²) in [6, 6.07) is 4.29. The van der Waals surface area contributed by atoms with E-state index < -0.39 is 0 Å². The highest BCUT2D eigenvalue weighted by Crippen LogP contribution is 2.21. The van der Waals surface area contributed by atoms with Crippen LogP contribution in [0, 0.1) is 12.8 Å². The molecule has 0 amide bonds. The van der Waals surface area contributed by atoms with Crippen LogP contribution in [0.25, 0.3) is 10.9 Å². The Morgan fingerprint density at radius 2 is 2.20 bits per heavy atom. The molecule has 0 atom stereocenters. The van der Waals surface area contributed by atoms with Crippen LogP contribution in [0.5, 0.6) is 0 Å². The summed E-state index contributed by atoms with van der Waals surface area (Å²) >= 11 is 0. The van der Waals surface area contributed by atoms with E-state index in [-0.39, 0.29) is 0 Å². The van der Waals surface area contributed by atoms with Crippen LogP contribution in [0.2, 0.25) is 0 Å². The number of nitrogens with one attached hydrogen (secondary N) is 2. The fourth-order valence-electron chi connectivity index (χ4n) is 1.66. The average Bonchev–Trinajstić information content (AvgIpc) is 2.63. The first kappa shape index (κ1) is 10.0. The maximum Gasteiger partial charge on any atom is 0.0680 e. The molecule has 1 aromatic carbocycles. The Morgan fingerprint density at radius 3 is 2.93 bits per heavy atom. The number of benzene rings is 1. The summed E-state index contributed by atoms with van der Waals surface area (Å²) in [6.45, 7) is 7.51. The second kappa shape index (κ2) is 3.93. The van der Waals surface area contributed by atoms with Crippen LogP contribution in [-0.4, -0.2) is 16.7 Å². The molecule has 0 unspecified atom stereocenters. The molecule has 2 aromatic rings. The molecule has 2 N–H and O–H groups in total. The smallest absolute Gasteiger partial charge is 0.0680 e. The van der Waals surface area contributed by atoms with E-state index in [0.29, 0.717) is 5.92 Å². The molecule has 15 heavy (non-hydrogen) atoms. The van der Waals surface area contributed by atoms with Gasteiger partial charge in [-0.2, -0.15) is 5.10 Å². The van der Waals surface area contributed by atoms with E-state index in [1.807, 2.05) is 6.20 Å². The molecule has 0 aliphatic carbocycles. The third-order valence-electron chi connectivity index (χ3n) is 2.46. The van der Waals surface area contributed by atoms with Gasteiger partial charge in [-0.1, -0.05) is 13.8 Å². The van der Waals surface area contributed by atoms with E-state index in [9.17, 15) is 0 Å². The summed E-state index contributed by atoms with van der Waals surface area (Å²) in [5.41, 5.74) is 3.54. The highest BCUT2D eigenvalue weighted by molar-refractivity contribution is 5.84. The largest absolute Gasteiger partial charge is 0.385 e. The lowest BCUT2D eigenvalue weighted by Gasteiger charge is -2.09. The van der Waals surface area contributed by atoms with Crippen LogP contribution in [-0.2, 0) is 0 Å². The number of anilines is 1. The van der Waals surface area contributed by atoms with Crippen molar-refractivity contribution in [1.29, 1.82) is 0 Å². The summed E-state index contributed by atoms with van der Waals surface area (Å²) < 4.78 is 0. The Kier molecular flexibility index (Phi) is 2.62. The number of aromatic nitrogens is 2. The number of aromatic amines is 1. The minimum atomic E-state index is 0.658. The number of aryl methyl sites for hydroxylation is 1. The van der Waals surface area contributed by atoms with Gasteiger partial charge in [0, 0.05) is 17.6 Å². The molecule has 0 fully saturated rings. The van der Waals surface area contributed by atoms with E-state index >= 15 is 0 Å². The second-order valence-corrected chi connectivity index (χ2v) is 4.40. The van der Waals surface area contributed by atoms with Crippen molar-refractivity contribution in [1.82, 2.24) is 10.2 Å². The van der Waals surface area contributed by atoms with Crippen LogP contribution in [0.4, 0.5) is 5.69 Å². The van der Waals surface area contributed by atoms with E-state index in [2.05, 4.69) is 48.4 Å². The molecule has 1 heterocycles. The number of H-pyrrole nitrogens is 1. The first-order valence-electron chi connectivity index (χ1n) is 5.34. The van der Waals surface area contributed by atoms with Crippen LogP contribution < -0.4 is 5.32 Å². The Labute approximate surface area is 89.9 Å². The van der Waals surface area contributed by atoms with E-state index in [1.165, 1.54) is 16.6 Å². The SMILES string of the molecule is Cc1cc(NCC(C)C)cc2cn[nH]c12. The van der Waals surface area contributed by atoms with Crippen LogP contribution in [0.1, 0.15) is 19.4 Å². The Balaban J connectivity index is 2.28. The van der Waals surface area contributed by atoms with Gasteiger partial charge in [0.25, 0.3) is 0 Å². The minimum absolute atomic E-state index is 0.658. The van der Waals surface area contributed by atoms with Crippen molar-refractivity contribution in [2.24, 2.45) is 5.92 Å². The summed E-state index contributed by atoms with van der Waals surface area (Å²) in [7, 11) is 0. The van der Waals surface area contributed by atoms with Crippen molar-refractivity contribution < 1.29 is 0 Å². The molecule has 80 valence electrons. The number of rotatable bonds is 3. The molecule has 0 spiro atoms. The lowest BCUT2D eigenvalue weighted by molar-refractivity contribution is 0.689. The molecule has 2 rings (SSSR count). The van der Waals surface area contributed by atoms with Crippen molar-refractivity contribution in [2.45, 2.75) is 20.8 Å². The van der Waals surface area contributed by atoms with Crippen LogP contribution in [0.3, 0.4) is 0 Å². The summed E-state index contributed by atoms with van der Waals surface area (Å²) in [5.74, 6) is 0.658. The highest BCUT2D eigenvalue weighted by Gasteiger charge is 2.02. The average molecular weight is 203 g/mol. The summed E-state index contributed by atoms with van der Waals surface area (Å²) in [4.78, 5) is 0. The van der Waals surface area contributed by atoms with E-state index in [1.54, 1.807) is 0 Å². The molecular weight excluding hydrogens is 186 g/mol. The Morgan fingerprint density at radius 1 is 1.40 bits per heavy atom. The minimum Gasteiger partial charge on any atom is -0.385 e. The fraction of sp³-hybridized carbons (Fsp3) is 0.417. The van der Waals surface area contributed by atoms with Gasteiger partial charge in [0.2, 0.25) is 0 Å². The molecule has 0 aliphatic heterocycles. The Hall–Kier alpha value is -1.51. The van der Waals surface area contributed by atoms with E-state index in [0.717, 1.165) is 12.1 Å². The van der Waals surface area contributed by atoms with Crippen molar-refractivity contribution in [3.05, 3.63) is 23.9 Å². The Bertz CT molecular complexity index is 457. The van der Waals surface area contributed by atoms with Gasteiger partial charge in [0.05, 0.1) is 11.7 Å². The topological polar surface area (TPSA) is 40.7 Å². The zero-order chi connectivity index (χ0) is 10.8. The maximum absolute atomic E-state index is 4.05. The molecule has 0 radical (unpaired) electrons. The first-order valence-corrected chi connectivity index (χ1v) is 5.34. The summed E-state index contributed by atoms with van der Waals surface area (Å²) in [5, 5.41) is 11.6. The summed E-state index contributed by atoms with van der Waals surface area (Å²) in [6.07, 6.45) is 1.86. The molecule has 0 saturated carbocycles. The van der Waals surface area contributed by atoms with Gasteiger partial charge in [0.15, 0.2) is 0 Å². The lowest BCUT2D eigenvalue weighted by Crippen LogP contribution is -2.07. The zero-order valence-corrected chi connectivity index (χ0v) is 9.46. The predicted octanol–water partition coefficient (Wildman–Crippen LogP) is 2.94. The van der Waals surface area contributed by atoms with Crippen LogP contribution in [0.15, 0.2) is 18.3 Å². The standard InChI is InChI=1S/C12H17N3/c1-8(2)6-13-11-4-9(3)12-10(5-11)7-14-15-12/h4-5,7-8,13H,6H2,1-3H3,(H,14,15). The molecule has 0 saturated heterocycles. The highest BCUT2D eigenvalue weighted by atomic mass is 15.1. The van der Waals surface area contributed by atoms with Crippen molar-refractivity contribution >= 4 is 16.6 Å². The molecule has 0 aliphatic rings. The van der Waals surface area contributed by atoms with Crippen LogP contribution >= 0.6 is 0 Å². The van der Waals surface area contributed by atoms with Crippen molar-refractivity contribution in [3.63, 3.8) is 0 Å². The van der Waals surface area contributed by atoms with Gasteiger partial charge >= 0.3 is 0 Å². The second-order valence-electron chi connectivity index (χ2n) is 4.40. The normalized spacial score (nSPS) is 11.2. The first-order chi connectivity index (χ1) is 7.16. The number of nitrogens with zero attached hydrogens (tertiary/aromatic N) is 1. The number of hydrogen-bond donors (Lipinski definition) is 2. The molecular formula is C12H17N3. The van der Waals surface area contributed by atoms with Crippen molar-refractivity contribution in [3.8, 4) is 0 Å². The number of hydrogen-bond acceptors (Lipinski definition) is 2. The van der Waals surface area contributed by atoms with Gasteiger partial charge in [-0.05, 0) is 30.5 Å². The van der Waals surface area contributed by atoms with E-state index in [4.69, 9.17) is 0 Å². The lowest BCUT2D eigenvalue weighted by atomic mass is 10.1. The fourth-order valence-corrected chi connectivity index (χ4v) is 1.66. The monoisotopic (exact) mass is 203 g/mol. The molecule has 0 bridgehead atoms. The number of fused-ring (bicyclic) bond motifs is 1. The van der Waals surface area contributed by atoms with Crippen molar-refractivity contribution in [2.75, 3.05) is 11.9 Å². The molecule has 3 heteroatoms. The third kappa shape index (κ3) is 2.12. The van der Waals surface area contributed by atoms with Gasteiger partial charge in [-0.3, -0.25) is 5.10 Å². The molecule has 1 aromatic heterocycles. The zero-order valence-electron chi connectivity index (χ0n) is 9.46. The predicted molar refractivity (Wildman–Crippen MR) is 64.2 cm³/mol. The maximum atomic E-state index is 4.05.